The van der Waals surface area contributed by atoms with Crippen LogP contribution in [0.25, 0.3) is 0 Å². The second-order valence-corrected chi connectivity index (χ2v) is 6.93. The molecule has 0 bridgehead atoms. The lowest BCUT2D eigenvalue weighted by Crippen LogP contribution is -2.24. The highest BCUT2D eigenvalue weighted by atomic mass is 35.5. The van der Waals surface area contributed by atoms with Crippen LogP contribution >= 0.6 is 48.0 Å². The summed E-state index contributed by atoms with van der Waals surface area (Å²) in [6.45, 7) is 3.02. The number of hydrogen-bond acceptors (Lipinski definition) is 3. The molecular weight excluding hydrogens is 430 g/mol. The molecule has 27 heavy (non-hydrogen) atoms. The van der Waals surface area contributed by atoms with Crippen LogP contribution in [0.3, 0.4) is 0 Å². The van der Waals surface area contributed by atoms with E-state index in [1.54, 1.807) is 6.07 Å². The molecule has 0 aromatic heterocycles. The van der Waals surface area contributed by atoms with Crippen LogP contribution < -0.4 is 4.74 Å². The van der Waals surface area contributed by atoms with E-state index in [2.05, 4.69) is 36.2 Å². The Bertz CT molecular complexity index is 658. The van der Waals surface area contributed by atoms with E-state index in [9.17, 15) is 0 Å². The van der Waals surface area contributed by atoms with Crippen molar-refractivity contribution in [2.75, 3.05) is 34.3 Å². The average Bonchev–Trinajstić information content (AvgIpc) is 2.54. The van der Waals surface area contributed by atoms with Gasteiger partial charge in [-0.05, 0) is 38.8 Å². The Hall–Kier alpha value is -0.720. The summed E-state index contributed by atoms with van der Waals surface area (Å²) in [6, 6.07) is 14.1. The second-order valence-electron chi connectivity index (χ2n) is 6.15. The molecule has 154 valence electrons. The van der Waals surface area contributed by atoms with Crippen LogP contribution in [0.1, 0.15) is 11.1 Å². The van der Waals surface area contributed by atoms with E-state index in [0.29, 0.717) is 23.2 Å². The van der Waals surface area contributed by atoms with Crippen molar-refractivity contribution >= 4 is 48.0 Å². The van der Waals surface area contributed by atoms with Gasteiger partial charge in [0.1, 0.15) is 12.4 Å². The third kappa shape index (κ3) is 9.35. The third-order valence-corrected chi connectivity index (χ3v) is 4.50. The number of halogens is 4. The maximum Gasteiger partial charge on any atom is 0.125 e. The Morgan fingerprint density at radius 3 is 2.11 bits per heavy atom. The van der Waals surface area contributed by atoms with E-state index in [4.69, 9.17) is 27.9 Å². The van der Waals surface area contributed by atoms with Gasteiger partial charge in [0, 0.05) is 25.2 Å². The van der Waals surface area contributed by atoms with Crippen LogP contribution in [0.5, 0.6) is 5.75 Å². The molecule has 0 atom stereocenters. The molecular formula is C19H28Cl4N2O2. The molecule has 0 aliphatic heterocycles. The molecule has 4 nitrogen and oxygen atoms in total. The van der Waals surface area contributed by atoms with Gasteiger partial charge in [-0.25, -0.2) is 0 Å². The second kappa shape index (κ2) is 14.3. The average molecular weight is 458 g/mol. The van der Waals surface area contributed by atoms with E-state index >= 15 is 0 Å². The predicted octanol–water partition coefficient (Wildman–Crippen LogP) is 4.58. The van der Waals surface area contributed by atoms with Crippen molar-refractivity contribution in [1.29, 1.82) is 0 Å². The van der Waals surface area contributed by atoms with E-state index < -0.39 is 0 Å². The summed E-state index contributed by atoms with van der Waals surface area (Å²) in [5.41, 5.74) is 2.22. The minimum Gasteiger partial charge on any atom is -0.492 e. The van der Waals surface area contributed by atoms with Crippen LogP contribution in [0, 0.1) is 0 Å². The van der Waals surface area contributed by atoms with Gasteiger partial charge in [0.2, 0.25) is 0 Å². The summed E-state index contributed by atoms with van der Waals surface area (Å²) in [5, 5.41) is 1.13. The molecule has 0 saturated carbocycles. The molecule has 2 aromatic rings. The van der Waals surface area contributed by atoms with Crippen LogP contribution in [0.2, 0.25) is 10.0 Å². The zero-order valence-corrected chi connectivity index (χ0v) is 18.9. The molecule has 0 saturated heterocycles. The van der Waals surface area contributed by atoms with Gasteiger partial charge in [-0.3, -0.25) is 4.90 Å². The molecule has 0 spiro atoms. The summed E-state index contributed by atoms with van der Waals surface area (Å²) < 4.78 is 5.97. The van der Waals surface area contributed by atoms with Crippen molar-refractivity contribution in [3.05, 3.63) is 63.6 Å². The maximum absolute atomic E-state index is 6.34. The van der Waals surface area contributed by atoms with Crippen LogP contribution in [0.4, 0.5) is 0 Å². The number of likely N-dealkylation sites (N-methyl/N-ethyl adjacent to an activating group) is 1. The predicted molar refractivity (Wildman–Crippen MR) is 120 cm³/mol. The van der Waals surface area contributed by atoms with Crippen molar-refractivity contribution in [3.63, 3.8) is 0 Å². The quantitative estimate of drug-likeness (QED) is 0.582. The monoisotopic (exact) mass is 456 g/mol. The molecule has 8 heteroatoms. The molecule has 2 aromatic carbocycles. The Kier molecular flexibility index (Phi) is 15.1. The van der Waals surface area contributed by atoms with Gasteiger partial charge in [0.25, 0.3) is 0 Å². The highest BCUT2D eigenvalue weighted by Crippen LogP contribution is 2.33. The topological polar surface area (TPSA) is 47.2 Å². The lowest BCUT2D eigenvalue weighted by atomic mass is 10.2. The fourth-order valence-corrected chi connectivity index (χ4v) is 2.85. The van der Waals surface area contributed by atoms with Gasteiger partial charge in [-0.2, -0.15) is 0 Å². The lowest BCUT2D eigenvalue weighted by molar-refractivity contribution is 0.229. The van der Waals surface area contributed by atoms with Crippen molar-refractivity contribution in [2.24, 2.45) is 0 Å². The molecule has 0 aliphatic rings. The minimum absolute atomic E-state index is 0. The first kappa shape index (κ1) is 28.5. The lowest BCUT2D eigenvalue weighted by Gasteiger charge is -2.20. The van der Waals surface area contributed by atoms with Gasteiger partial charge < -0.3 is 15.1 Å². The first-order valence-electron chi connectivity index (χ1n) is 7.94. The standard InChI is InChI=1S/C19H24Cl2N2O.2ClH.H2O/c1-22(2)14-16-18(10-9-17(20)19(16)21)24-12-11-23(3)13-15-7-5-4-6-8-15;;;/h4-10H,11-14H2,1-3H3;2*1H;1H2. The van der Waals surface area contributed by atoms with Crippen LogP contribution in [-0.2, 0) is 13.1 Å². The van der Waals surface area contributed by atoms with E-state index in [1.807, 2.05) is 31.1 Å². The Labute approximate surface area is 184 Å². The smallest absolute Gasteiger partial charge is 0.125 e. The van der Waals surface area contributed by atoms with Crippen molar-refractivity contribution in [3.8, 4) is 5.75 Å². The fourth-order valence-electron chi connectivity index (χ4n) is 2.46. The molecule has 0 aliphatic carbocycles. The Morgan fingerprint density at radius 1 is 0.889 bits per heavy atom. The summed E-state index contributed by atoms with van der Waals surface area (Å²) in [4.78, 5) is 4.28. The summed E-state index contributed by atoms with van der Waals surface area (Å²) in [5.74, 6) is 0.797. The summed E-state index contributed by atoms with van der Waals surface area (Å²) in [7, 11) is 6.08. The highest BCUT2D eigenvalue weighted by Gasteiger charge is 2.13. The number of benzene rings is 2. The summed E-state index contributed by atoms with van der Waals surface area (Å²) in [6.07, 6.45) is 0. The van der Waals surface area contributed by atoms with Crippen molar-refractivity contribution in [2.45, 2.75) is 13.1 Å². The molecule has 0 amide bonds. The number of hydrogen-bond donors (Lipinski definition) is 0. The van der Waals surface area contributed by atoms with E-state index in [1.165, 1.54) is 5.56 Å². The Morgan fingerprint density at radius 2 is 1.52 bits per heavy atom. The van der Waals surface area contributed by atoms with Gasteiger partial charge in [-0.1, -0.05) is 53.5 Å². The van der Waals surface area contributed by atoms with E-state index in [0.717, 1.165) is 24.4 Å². The number of nitrogens with zero attached hydrogens (tertiary/aromatic N) is 2. The molecule has 0 fully saturated rings. The Balaban J connectivity index is 0. The van der Waals surface area contributed by atoms with Crippen LogP contribution in [0.15, 0.2) is 42.5 Å². The van der Waals surface area contributed by atoms with Gasteiger partial charge >= 0.3 is 0 Å². The zero-order valence-electron chi connectivity index (χ0n) is 15.7. The molecule has 0 heterocycles. The molecule has 0 radical (unpaired) electrons. The first-order chi connectivity index (χ1) is 11.5. The maximum atomic E-state index is 6.34. The first-order valence-corrected chi connectivity index (χ1v) is 8.70. The minimum atomic E-state index is 0. The number of ether oxygens (including phenoxy) is 1. The highest BCUT2D eigenvalue weighted by molar-refractivity contribution is 6.42. The van der Waals surface area contributed by atoms with Crippen molar-refractivity contribution < 1.29 is 10.2 Å². The van der Waals surface area contributed by atoms with Gasteiger partial charge in [-0.15, -0.1) is 24.8 Å². The number of rotatable bonds is 8. The van der Waals surface area contributed by atoms with Crippen molar-refractivity contribution in [1.82, 2.24) is 9.80 Å². The molecule has 0 unspecified atom stereocenters. The zero-order chi connectivity index (χ0) is 17.5. The fraction of sp³-hybridized carbons (Fsp3) is 0.368. The normalized spacial score (nSPS) is 10.0. The molecule has 2 rings (SSSR count). The molecule has 2 N–H and O–H groups in total. The van der Waals surface area contributed by atoms with Gasteiger partial charge in [0.05, 0.1) is 10.0 Å². The van der Waals surface area contributed by atoms with Crippen LogP contribution in [-0.4, -0.2) is 49.6 Å². The summed E-state index contributed by atoms with van der Waals surface area (Å²) >= 11 is 12.5. The SMILES string of the molecule is CN(C)Cc1c(OCCN(C)Cc2ccccc2)ccc(Cl)c1Cl.Cl.Cl.O. The third-order valence-electron chi connectivity index (χ3n) is 3.65. The largest absolute Gasteiger partial charge is 0.492 e. The van der Waals surface area contributed by atoms with E-state index in [-0.39, 0.29) is 30.3 Å². The van der Waals surface area contributed by atoms with Gasteiger partial charge in [0.15, 0.2) is 0 Å².